The lowest BCUT2D eigenvalue weighted by Crippen LogP contribution is -2.30. The second-order valence-electron chi connectivity index (χ2n) is 7.94. The Morgan fingerprint density at radius 3 is 2.29 bits per heavy atom. The predicted molar refractivity (Wildman–Crippen MR) is 129 cm³/mol. The van der Waals surface area contributed by atoms with Crippen LogP contribution < -0.4 is 18.9 Å². The molecule has 1 aromatic heterocycles. The van der Waals surface area contributed by atoms with Crippen molar-refractivity contribution in [3.63, 3.8) is 0 Å². The van der Waals surface area contributed by atoms with Crippen molar-refractivity contribution in [2.75, 3.05) is 33.5 Å². The highest BCUT2D eigenvalue weighted by molar-refractivity contribution is 5.96. The predicted octanol–water partition coefficient (Wildman–Crippen LogP) is 4.92. The van der Waals surface area contributed by atoms with E-state index in [9.17, 15) is 4.79 Å². The van der Waals surface area contributed by atoms with Crippen LogP contribution in [0, 0.1) is 0 Å². The molecule has 1 aliphatic heterocycles. The van der Waals surface area contributed by atoms with E-state index in [4.69, 9.17) is 23.5 Å². The third kappa shape index (κ3) is 5.18. The van der Waals surface area contributed by atoms with Crippen molar-refractivity contribution in [1.29, 1.82) is 0 Å². The van der Waals surface area contributed by atoms with Crippen LogP contribution >= 0.6 is 0 Å². The summed E-state index contributed by atoms with van der Waals surface area (Å²) in [6.45, 7) is 7.58. The summed E-state index contributed by atoms with van der Waals surface area (Å²) < 4.78 is 28.1. The molecule has 9 heteroatoms. The zero-order chi connectivity index (χ0) is 24.8. The average Bonchev–Trinajstić information content (AvgIpc) is 3.56. The zero-order valence-corrected chi connectivity index (χ0v) is 20.6. The SMILES string of the molecule is CCOc1cc(C(=O)N2CCC[C@H]2c2nc(-c3ccc(OC)cc3)no2)cc(OCC)c1OCC. The molecule has 0 aliphatic carbocycles. The van der Waals surface area contributed by atoms with Gasteiger partial charge >= 0.3 is 0 Å². The van der Waals surface area contributed by atoms with E-state index in [2.05, 4.69) is 10.1 Å². The number of hydrogen-bond acceptors (Lipinski definition) is 8. The molecule has 0 spiro atoms. The summed E-state index contributed by atoms with van der Waals surface area (Å²) in [7, 11) is 1.62. The summed E-state index contributed by atoms with van der Waals surface area (Å²) in [5, 5.41) is 4.14. The van der Waals surface area contributed by atoms with Crippen LogP contribution in [-0.2, 0) is 0 Å². The van der Waals surface area contributed by atoms with E-state index in [1.54, 1.807) is 24.1 Å². The first-order valence-electron chi connectivity index (χ1n) is 11.9. The molecule has 35 heavy (non-hydrogen) atoms. The van der Waals surface area contributed by atoms with E-state index >= 15 is 0 Å². The van der Waals surface area contributed by atoms with Crippen molar-refractivity contribution in [2.24, 2.45) is 0 Å². The van der Waals surface area contributed by atoms with Gasteiger partial charge in [-0.3, -0.25) is 4.79 Å². The van der Waals surface area contributed by atoms with E-state index in [-0.39, 0.29) is 11.9 Å². The van der Waals surface area contributed by atoms with Crippen molar-refractivity contribution in [3.05, 3.63) is 47.9 Å². The molecule has 3 aromatic rings. The van der Waals surface area contributed by atoms with Gasteiger partial charge < -0.3 is 28.4 Å². The summed E-state index contributed by atoms with van der Waals surface area (Å²) in [6, 6.07) is 10.5. The van der Waals surface area contributed by atoms with Crippen molar-refractivity contribution >= 4 is 5.91 Å². The molecule has 0 bridgehead atoms. The number of amides is 1. The van der Waals surface area contributed by atoms with Gasteiger partial charge in [0, 0.05) is 17.7 Å². The minimum atomic E-state index is -0.306. The molecule has 0 unspecified atom stereocenters. The van der Waals surface area contributed by atoms with Gasteiger partial charge in [-0.15, -0.1) is 0 Å². The minimum Gasteiger partial charge on any atom is -0.497 e. The molecule has 4 rings (SSSR count). The molecule has 186 valence electrons. The number of nitrogens with zero attached hydrogens (tertiary/aromatic N) is 3. The molecular formula is C26H31N3O6. The highest BCUT2D eigenvalue weighted by atomic mass is 16.5. The molecule has 1 atom stereocenters. The number of benzene rings is 2. The van der Waals surface area contributed by atoms with Gasteiger partial charge in [0.1, 0.15) is 11.8 Å². The number of carbonyl (C=O) groups excluding carboxylic acids is 1. The smallest absolute Gasteiger partial charge is 0.254 e. The monoisotopic (exact) mass is 481 g/mol. The Morgan fingerprint density at radius 2 is 1.69 bits per heavy atom. The first-order chi connectivity index (χ1) is 17.1. The minimum absolute atomic E-state index is 0.151. The second kappa shape index (κ2) is 11.1. The van der Waals surface area contributed by atoms with E-state index in [1.807, 2.05) is 45.0 Å². The Bertz CT molecular complexity index is 1120. The Morgan fingerprint density at radius 1 is 1.03 bits per heavy atom. The topological polar surface area (TPSA) is 96.2 Å². The van der Waals surface area contributed by atoms with Crippen molar-refractivity contribution < 1.29 is 28.3 Å². The zero-order valence-electron chi connectivity index (χ0n) is 20.6. The molecule has 9 nitrogen and oxygen atoms in total. The van der Waals surface area contributed by atoms with Gasteiger partial charge in [-0.1, -0.05) is 5.16 Å². The largest absolute Gasteiger partial charge is 0.497 e. The highest BCUT2D eigenvalue weighted by Gasteiger charge is 2.35. The maximum atomic E-state index is 13.6. The number of methoxy groups -OCH3 is 1. The number of likely N-dealkylation sites (tertiary alicyclic amines) is 1. The van der Waals surface area contributed by atoms with Crippen LogP contribution in [0.5, 0.6) is 23.0 Å². The number of carbonyl (C=O) groups is 1. The third-order valence-electron chi connectivity index (χ3n) is 5.74. The number of hydrogen-bond donors (Lipinski definition) is 0. The molecule has 1 saturated heterocycles. The quantitative estimate of drug-likeness (QED) is 0.403. The fourth-order valence-corrected chi connectivity index (χ4v) is 4.17. The number of rotatable bonds is 10. The Hall–Kier alpha value is -3.75. The lowest BCUT2D eigenvalue weighted by Gasteiger charge is -2.23. The molecule has 0 saturated carbocycles. The van der Waals surface area contributed by atoms with Crippen molar-refractivity contribution in [3.8, 4) is 34.4 Å². The second-order valence-corrected chi connectivity index (χ2v) is 7.94. The fraction of sp³-hybridized carbons (Fsp3) is 0.423. The summed E-state index contributed by atoms with van der Waals surface area (Å²) in [4.78, 5) is 20.0. The van der Waals surface area contributed by atoms with Gasteiger partial charge in [-0.25, -0.2) is 0 Å². The molecule has 1 fully saturated rings. The maximum Gasteiger partial charge on any atom is 0.254 e. The van der Waals surface area contributed by atoms with Gasteiger partial charge in [0.15, 0.2) is 11.5 Å². The summed E-state index contributed by atoms with van der Waals surface area (Å²) in [5.41, 5.74) is 1.27. The van der Waals surface area contributed by atoms with Crippen LogP contribution in [0.2, 0.25) is 0 Å². The lowest BCUT2D eigenvalue weighted by atomic mass is 10.1. The van der Waals surface area contributed by atoms with E-state index in [1.165, 1.54) is 0 Å². The van der Waals surface area contributed by atoms with Crippen LogP contribution in [0.4, 0.5) is 0 Å². The molecule has 1 aliphatic rings. The van der Waals surface area contributed by atoms with Crippen molar-refractivity contribution in [1.82, 2.24) is 15.0 Å². The van der Waals surface area contributed by atoms with Gasteiger partial charge in [-0.05, 0) is 70.0 Å². The van der Waals surface area contributed by atoms with Crippen LogP contribution in [0.15, 0.2) is 40.9 Å². The Balaban J connectivity index is 1.61. The van der Waals surface area contributed by atoms with Crippen LogP contribution in [0.3, 0.4) is 0 Å². The average molecular weight is 482 g/mol. The first kappa shape index (κ1) is 24.4. The Kier molecular flexibility index (Phi) is 7.74. The first-order valence-corrected chi connectivity index (χ1v) is 11.9. The standard InChI is InChI=1S/C26H31N3O6/c1-5-32-21-15-18(16-22(33-6-2)23(21)34-7-3)26(30)29-14-8-9-20(29)25-27-24(28-35-25)17-10-12-19(31-4)13-11-17/h10-13,15-16,20H,5-9,14H2,1-4H3/t20-/m0/s1. The van der Waals surface area contributed by atoms with Crippen LogP contribution in [0.25, 0.3) is 11.4 Å². The molecular weight excluding hydrogens is 450 g/mol. The molecule has 0 N–H and O–H groups in total. The summed E-state index contributed by atoms with van der Waals surface area (Å²) in [6.07, 6.45) is 1.58. The van der Waals surface area contributed by atoms with E-state index in [0.717, 1.165) is 24.2 Å². The lowest BCUT2D eigenvalue weighted by molar-refractivity contribution is 0.0709. The Labute approximate surface area is 204 Å². The number of aromatic nitrogens is 2. The van der Waals surface area contributed by atoms with Crippen LogP contribution in [-0.4, -0.2) is 54.4 Å². The molecule has 0 radical (unpaired) electrons. The third-order valence-corrected chi connectivity index (χ3v) is 5.74. The van der Waals surface area contributed by atoms with Gasteiger partial charge in [0.05, 0.1) is 26.9 Å². The van der Waals surface area contributed by atoms with Crippen LogP contribution in [0.1, 0.15) is 55.9 Å². The van der Waals surface area contributed by atoms with Gasteiger partial charge in [0.2, 0.25) is 17.5 Å². The summed E-state index contributed by atoms with van der Waals surface area (Å²) >= 11 is 0. The van der Waals surface area contributed by atoms with Crippen molar-refractivity contribution in [2.45, 2.75) is 39.7 Å². The fourth-order valence-electron chi connectivity index (χ4n) is 4.17. The summed E-state index contributed by atoms with van der Waals surface area (Å²) in [5.74, 6) is 2.97. The molecule has 2 aromatic carbocycles. The highest BCUT2D eigenvalue weighted by Crippen LogP contribution is 2.41. The van der Waals surface area contributed by atoms with E-state index in [0.29, 0.717) is 60.9 Å². The van der Waals surface area contributed by atoms with Gasteiger partial charge in [0.25, 0.3) is 5.91 Å². The molecule has 2 heterocycles. The van der Waals surface area contributed by atoms with E-state index < -0.39 is 0 Å². The van der Waals surface area contributed by atoms with Gasteiger partial charge in [-0.2, -0.15) is 4.98 Å². The normalized spacial score (nSPS) is 15.2. The number of ether oxygens (including phenoxy) is 4. The maximum absolute atomic E-state index is 13.6. The molecule has 1 amide bonds.